The molecule has 1 atom stereocenters. The predicted molar refractivity (Wildman–Crippen MR) is 129 cm³/mol. The first-order chi connectivity index (χ1) is 16.3. The molecule has 1 unspecified atom stereocenters. The Morgan fingerprint density at radius 3 is 2.50 bits per heavy atom. The Hall–Kier alpha value is -3.23. The largest absolute Gasteiger partial charge is 0.365 e. The molecule has 1 aromatic carbocycles. The molecule has 1 saturated carbocycles. The van der Waals surface area contributed by atoms with Gasteiger partial charge in [0, 0.05) is 43.7 Å². The fraction of sp³-hybridized carbons (Fsp3) is 0.478. The molecule has 2 heterocycles. The van der Waals surface area contributed by atoms with E-state index in [0.717, 1.165) is 43.7 Å². The maximum Gasteiger partial charge on any atom is 0.254 e. The Kier molecular flexibility index (Phi) is 7.00. The Balaban J connectivity index is 1.46. The lowest BCUT2D eigenvalue weighted by Gasteiger charge is -2.40. The highest BCUT2D eigenvalue weighted by atomic mass is 32.2. The van der Waals surface area contributed by atoms with Gasteiger partial charge in [-0.2, -0.15) is 10.4 Å². The Morgan fingerprint density at radius 1 is 1.26 bits per heavy atom. The van der Waals surface area contributed by atoms with Crippen LogP contribution < -0.4 is 15.8 Å². The van der Waals surface area contributed by atoms with Crippen LogP contribution in [0.25, 0.3) is 0 Å². The van der Waals surface area contributed by atoms with E-state index < -0.39 is 22.4 Å². The molecule has 4 N–H and O–H groups in total. The van der Waals surface area contributed by atoms with Crippen LogP contribution >= 0.6 is 0 Å². The van der Waals surface area contributed by atoms with E-state index in [1.165, 1.54) is 0 Å². The monoisotopic (exact) mass is 483 g/mol. The Labute approximate surface area is 201 Å². The number of carbonyl (C=O) groups is 2. The Morgan fingerprint density at radius 2 is 1.94 bits per heavy atom. The van der Waals surface area contributed by atoms with Crippen molar-refractivity contribution in [1.82, 2.24) is 14.7 Å². The van der Waals surface area contributed by atoms with Crippen molar-refractivity contribution in [2.75, 3.05) is 29.4 Å². The number of nitrogens with two attached hydrogens (primary N) is 1. The topological polar surface area (TPSA) is 146 Å². The molecular formula is C23H29N7O3S. The van der Waals surface area contributed by atoms with Gasteiger partial charge in [0.1, 0.15) is 16.5 Å². The smallest absolute Gasteiger partial charge is 0.254 e. The highest BCUT2D eigenvalue weighted by Gasteiger charge is 2.39. The quantitative estimate of drug-likeness (QED) is 0.497. The van der Waals surface area contributed by atoms with E-state index in [1.54, 1.807) is 17.1 Å². The summed E-state index contributed by atoms with van der Waals surface area (Å²) in [4.78, 5) is 26.6. The molecule has 180 valence electrons. The molecular weight excluding hydrogens is 454 g/mol. The third-order valence-corrected chi connectivity index (χ3v) is 7.00. The van der Waals surface area contributed by atoms with Crippen LogP contribution in [0.15, 0.2) is 30.5 Å². The molecule has 1 aliphatic heterocycles. The van der Waals surface area contributed by atoms with Gasteiger partial charge in [-0.05, 0) is 43.4 Å². The number of aromatic nitrogens is 2. The highest BCUT2D eigenvalue weighted by Crippen LogP contribution is 2.36. The van der Waals surface area contributed by atoms with Crippen LogP contribution in [-0.4, -0.2) is 50.0 Å². The van der Waals surface area contributed by atoms with Crippen molar-refractivity contribution < 1.29 is 13.8 Å². The number of rotatable bonds is 9. The van der Waals surface area contributed by atoms with Crippen LogP contribution in [0.1, 0.15) is 48.0 Å². The number of carbonyl (C=O) groups excluding carboxylic acids is 2. The lowest BCUT2D eigenvalue weighted by molar-refractivity contribution is -0.117. The summed E-state index contributed by atoms with van der Waals surface area (Å²) < 4.78 is 15.8. The fourth-order valence-electron chi connectivity index (χ4n) is 4.32. The molecule has 10 nitrogen and oxygen atoms in total. The number of nitriles is 1. The molecule has 0 bridgehead atoms. The summed E-state index contributed by atoms with van der Waals surface area (Å²) in [6.07, 6.45) is 6.42. The molecule has 0 radical (unpaired) electrons. The van der Waals surface area contributed by atoms with E-state index in [1.807, 2.05) is 24.3 Å². The van der Waals surface area contributed by atoms with Crippen LogP contribution in [0, 0.1) is 17.2 Å². The van der Waals surface area contributed by atoms with E-state index in [4.69, 9.17) is 5.73 Å². The van der Waals surface area contributed by atoms with Gasteiger partial charge >= 0.3 is 0 Å². The second-order valence-corrected chi connectivity index (χ2v) is 10.2. The van der Waals surface area contributed by atoms with Gasteiger partial charge in [0.05, 0.1) is 18.0 Å². The number of primary amides is 1. The summed E-state index contributed by atoms with van der Waals surface area (Å²) >= 11 is 0. The third kappa shape index (κ3) is 5.46. The van der Waals surface area contributed by atoms with Crippen LogP contribution in [0.2, 0.25) is 0 Å². The van der Waals surface area contributed by atoms with Gasteiger partial charge in [-0.1, -0.05) is 12.1 Å². The normalized spacial score (nSPS) is 18.6. The number of benzene rings is 1. The molecule has 1 aliphatic carbocycles. The lowest BCUT2D eigenvalue weighted by Crippen LogP contribution is -2.46. The molecule has 1 aromatic heterocycles. The number of anilines is 2. The summed E-state index contributed by atoms with van der Waals surface area (Å²) in [5.41, 5.74) is 7.09. The minimum absolute atomic E-state index is 0.0313. The average molecular weight is 484 g/mol. The molecule has 2 amide bonds. The molecule has 2 aliphatic rings. The summed E-state index contributed by atoms with van der Waals surface area (Å²) in [6.45, 7) is 2.25. The van der Waals surface area contributed by atoms with E-state index >= 15 is 0 Å². The van der Waals surface area contributed by atoms with Gasteiger partial charge in [0.25, 0.3) is 5.91 Å². The number of hydrogen-bond donors (Lipinski definition) is 3. The number of likely N-dealkylation sites (tertiary alicyclic amines) is 1. The van der Waals surface area contributed by atoms with Crippen molar-refractivity contribution in [2.24, 2.45) is 11.7 Å². The van der Waals surface area contributed by atoms with E-state index in [9.17, 15) is 19.1 Å². The van der Waals surface area contributed by atoms with E-state index in [2.05, 4.69) is 26.1 Å². The predicted octanol–water partition coefficient (Wildman–Crippen LogP) is 1.94. The van der Waals surface area contributed by atoms with Gasteiger partial charge in [-0.25, -0.2) is 4.21 Å². The number of amides is 2. The molecule has 4 rings (SSSR count). The zero-order valence-corrected chi connectivity index (χ0v) is 19.9. The van der Waals surface area contributed by atoms with Crippen LogP contribution in [0.3, 0.4) is 0 Å². The van der Waals surface area contributed by atoms with Crippen molar-refractivity contribution in [2.45, 2.75) is 44.2 Å². The summed E-state index contributed by atoms with van der Waals surface area (Å²) in [7, 11) is -1.11. The maximum atomic E-state index is 12.2. The molecule has 1 saturated heterocycles. The first-order valence-electron chi connectivity index (χ1n) is 11.3. The first-order valence-corrected chi connectivity index (χ1v) is 12.8. The number of hydrogen-bond acceptors (Lipinski definition) is 6. The zero-order valence-electron chi connectivity index (χ0n) is 19.1. The van der Waals surface area contributed by atoms with Crippen molar-refractivity contribution in [3.8, 4) is 6.07 Å². The minimum Gasteiger partial charge on any atom is -0.365 e. The lowest BCUT2D eigenvalue weighted by atomic mass is 9.84. The summed E-state index contributed by atoms with van der Waals surface area (Å²) in [5.74, 6) is -0.669. The van der Waals surface area contributed by atoms with Crippen molar-refractivity contribution in [3.05, 3.63) is 41.6 Å². The third-order valence-electron chi connectivity index (χ3n) is 6.47. The molecule has 0 spiro atoms. The molecule has 2 fully saturated rings. The van der Waals surface area contributed by atoms with Gasteiger partial charge in [0.15, 0.2) is 5.82 Å². The van der Waals surface area contributed by atoms with Crippen molar-refractivity contribution in [1.29, 1.82) is 5.26 Å². The number of nitrogens with one attached hydrogen (secondary N) is 2. The average Bonchev–Trinajstić information content (AvgIpc) is 3.56. The second kappa shape index (κ2) is 9.95. The highest BCUT2D eigenvalue weighted by molar-refractivity contribution is 7.85. The standard InChI is InChI=1S/C23H29N7O3S/c1-34(33)28-18-6-2-16(3-7-18)14-29-12-9-23(8-11-24,10-13-29)30-15-19(20(25)31)21(27-30)26-22(32)17-4-5-17/h2-3,6-7,15,17,28H,4-5,8-10,12-14H2,1H3,(H2,25,31)(H,26,27,32). The van der Waals surface area contributed by atoms with Crippen LogP contribution in [-0.2, 0) is 27.9 Å². The second-order valence-electron chi connectivity index (χ2n) is 9.05. The number of nitrogens with zero attached hydrogens (tertiary/aromatic N) is 4. The van der Waals surface area contributed by atoms with Gasteiger partial charge < -0.3 is 15.8 Å². The molecule has 34 heavy (non-hydrogen) atoms. The van der Waals surface area contributed by atoms with Crippen LogP contribution in [0.4, 0.5) is 11.5 Å². The molecule has 11 heteroatoms. The van der Waals surface area contributed by atoms with Crippen molar-refractivity contribution >= 4 is 34.3 Å². The maximum absolute atomic E-state index is 12.2. The van der Waals surface area contributed by atoms with E-state index in [-0.39, 0.29) is 29.6 Å². The first kappa shape index (κ1) is 23.9. The van der Waals surface area contributed by atoms with Gasteiger partial charge in [-0.15, -0.1) is 0 Å². The zero-order chi connectivity index (χ0) is 24.3. The minimum atomic E-state index is -1.11. The Bertz CT molecular complexity index is 1130. The SMILES string of the molecule is CS(=O)Nc1ccc(CN2CCC(CC#N)(n3cc(C(N)=O)c(NC(=O)C4CC4)n3)CC2)cc1. The van der Waals surface area contributed by atoms with Gasteiger partial charge in [-0.3, -0.25) is 19.2 Å². The summed E-state index contributed by atoms with van der Waals surface area (Å²) in [5, 5.41) is 16.8. The van der Waals surface area contributed by atoms with Crippen molar-refractivity contribution in [3.63, 3.8) is 0 Å². The number of piperidine rings is 1. The molecule has 2 aromatic rings. The van der Waals surface area contributed by atoms with E-state index in [0.29, 0.717) is 12.8 Å². The fourth-order valence-corrected chi connectivity index (χ4v) is 4.79. The van der Waals surface area contributed by atoms with Gasteiger partial charge in [0.2, 0.25) is 5.91 Å². The van der Waals surface area contributed by atoms with Crippen LogP contribution in [0.5, 0.6) is 0 Å². The summed E-state index contributed by atoms with van der Waals surface area (Å²) in [6, 6.07) is 10.1.